The number of hydrogen-bond acceptors (Lipinski definition) is 6. The molecule has 117 heavy (non-hydrogen) atoms. The van der Waals surface area contributed by atoms with Crippen molar-refractivity contribution in [3.63, 3.8) is 0 Å². The topological polar surface area (TPSA) is 51.2 Å². The summed E-state index contributed by atoms with van der Waals surface area (Å²) in [7, 11) is 0. The predicted molar refractivity (Wildman–Crippen MR) is 455 cm³/mol. The Morgan fingerprint density at radius 1 is 0.291 bits per heavy atom. The summed E-state index contributed by atoms with van der Waals surface area (Å²) in [6.07, 6.45) is 3.51. The molecule has 562 valence electrons. The monoisotopic (exact) mass is 1530 g/mol. The molecule has 12 heteroatoms. The minimum atomic E-state index is -1.57. The van der Waals surface area contributed by atoms with Crippen molar-refractivity contribution in [1.29, 1.82) is 0 Å². The minimum Gasteiger partial charge on any atom is -0.457 e. The van der Waals surface area contributed by atoms with Crippen molar-refractivity contribution in [3.05, 3.63) is 442 Å². The van der Waals surface area contributed by atoms with Crippen molar-refractivity contribution >= 4 is 90.2 Å². The molecule has 0 saturated heterocycles. The van der Waals surface area contributed by atoms with Crippen LogP contribution >= 0.6 is 0 Å². The van der Waals surface area contributed by atoms with Crippen LogP contribution in [0.1, 0.15) is 80.6 Å². The molecule has 0 radical (unpaired) electrons. The van der Waals surface area contributed by atoms with Gasteiger partial charge >= 0.3 is 0 Å². The lowest BCUT2D eigenvalue weighted by Gasteiger charge is -2.35. The van der Waals surface area contributed by atoms with Gasteiger partial charge in [-0.1, -0.05) is 221 Å². The predicted octanol–water partition coefficient (Wildman–Crippen LogP) is 29.2. The molecule has 0 fully saturated rings. The lowest BCUT2D eigenvalue weighted by molar-refractivity contribution is 0.443. The molecule has 16 aromatic carbocycles. The number of benzene rings is 16. The number of fused-ring (bicyclic) bond motifs is 15. The average molecular weight is 1530 g/mol. The van der Waals surface area contributed by atoms with Gasteiger partial charge in [-0.3, -0.25) is 0 Å². The molecule has 18 aromatic rings. The number of nitrogens with zero attached hydrogens (tertiary/aromatic N) is 2. The summed E-state index contributed by atoms with van der Waals surface area (Å²) in [5, 5.41) is 3.63. The summed E-state index contributed by atoms with van der Waals surface area (Å²) in [4.78, 5) is 4.37. The molecule has 2 heterocycles. The highest BCUT2D eigenvalue weighted by Gasteiger charge is 2.50. The van der Waals surface area contributed by atoms with E-state index in [9.17, 15) is 0 Å². The maximum Gasteiger partial charge on any atom is 0.194 e. The molecular formula is C105H66F6N2O4. The summed E-state index contributed by atoms with van der Waals surface area (Å²) in [5.74, 6) is -6.22. The van der Waals surface area contributed by atoms with Gasteiger partial charge in [0.25, 0.3) is 0 Å². The highest BCUT2D eigenvalue weighted by atomic mass is 19.2. The van der Waals surface area contributed by atoms with E-state index >= 15 is 26.3 Å². The zero-order valence-electron chi connectivity index (χ0n) is 63.0. The SMILES string of the molecule is C=Cc1ccc(Oc2ccc(C3(c4cc(F)c(F)c(F)c4)c4ccccc4-c4ccc(N(c5ccc6c(c5)C(C)(C)c5cc(N(c7ccc8c(c7)C(c7ccc(Oc9ccc(C=C)cc9)cc7)(c7cc(F)c(F)c(F)c7)c7ccccc7-8)c7cccc8c7oc7ccccc78)ccc5-6)c5cccc6c5oc5ccccc56)cc43)cc2)cc1. The fourth-order valence-corrected chi connectivity index (χ4v) is 18.8. The van der Waals surface area contributed by atoms with Gasteiger partial charge in [0.1, 0.15) is 34.2 Å². The van der Waals surface area contributed by atoms with Gasteiger partial charge in [-0.25, -0.2) is 26.3 Å². The number of ether oxygens (including phenoxy) is 2. The van der Waals surface area contributed by atoms with E-state index < -0.39 is 51.1 Å². The minimum absolute atomic E-state index is 0.180. The van der Waals surface area contributed by atoms with Crippen LogP contribution in [-0.4, -0.2) is 0 Å². The van der Waals surface area contributed by atoms with Gasteiger partial charge in [0.05, 0.1) is 22.2 Å². The van der Waals surface area contributed by atoms with Crippen LogP contribution in [0.5, 0.6) is 23.0 Å². The average Bonchev–Trinajstić information content (AvgIpc) is 1.58. The van der Waals surface area contributed by atoms with Gasteiger partial charge in [-0.05, 0) is 246 Å². The lowest BCUT2D eigenvalue weighted by atomic mass is 9.67. The van der Waals surface area contributed by atoms with E-state index in [1.54, 1.807) is 12.2 Å². The van der Waals surface area contributed by atoms with E-state index in [-0.39, 0.29) is 11.1 Å². The van der Waals surface area contributed by atoms with Gasteiger partial charge in [-0.15, -0.1) is 0 Å². The van der Waals surface area contributed by atoms with Crippen LogP contribution in [0.15, 0.2) is 350 Å². The van der Waals surface area contributed by atoms with Crippen molar-refractivity contribution in [2.24, 2.45) is 0 Å². The normalized spacial score (nSPS) is 15.2. The highest BCUT2D eigenvalue weighted by Crippen LogP contribution is 2.62. The van der Waals surface area contributed by atoms with E-state index in [1.165, 1.54) is 0 Å². The molecule has 2 atom stereocenters. The molecule has 0 bridgehead atoms. The van der Waals surface area contributed by atoms with Crippen molar-refractivity contribution in [2.45, 2.75) is 30.1 Å². The standard InChI is InChI=1S/C105H66F6N2O4/c1-5-61-29-41-71(42-30-61)114-73-45-33-63(34-46-73)104(65-53-91(106)99(110)92(107)54-65)85-23-11-7-17-75(85)79-51-39-69(59-89(79)104)112(95-25-15-21-83-81-19-9-13-27-97(81)116-101(83)95)67-37-49-77-78-50-38-68(58-88(78)103(3,4)87(77)57-67)113(96-26-16-22-84-82-20-10-14-28-98(82)117-102(84)96)70-40-52-80-76-18-8-12-24-86(76)105(90(80)60-70,66-55-93(108)100(111)94(109)56-66)64-35-47-74(48-36-64)115-72-43-31-62(6-2)32-44-72/h5-60H,1-2H2,3-4H3. The Morgan fingerprint density at radius 2 is 0.598 bits per heavy atom. The summed E-state index contributed by atoms with van der Waals surface area (Å²) in [5.41, 5.74) is 17.0. The quantitative estimate of drug-likeness (QED) is 0.0710. The summed E-state index contributed by atoms with van der Waals surface area (Å²) >= 11 is 0. The van der Waals surface area contributed by atoms with Gasteiger partial charge < -0.3 is 28.1 Å². The molecule has 0 saturated carbocycles. The Morgan fingerprint density at radius 3 is 0.966 bits per heavy atom. The van der Waals surface area contributed by atoms with Gasteiger partial charge in [0.2, 0.25) is 0 Å². The molecule has 2 aromatic heterocycles. The molecule has 3 aliphatic rings. The molecule has 2 unspecified atom stereocenters. The third-order valence-corrected chi connectivity index (χ3v) is 24.1. The van der Waals surface area contributed by atoms with Crippen LogP contribution in [0, 0.1) is 34.9 Å². The number of rotatable bonds is 16. The van der Waals surface area contributed by atoms with E-state index in [1.807, 2.05) is 218 Å². The number of furan rings is 2. The molecule has 0 amide bonds. The van der Waals surface area contributed by atoms with Gasteiger partial charge in [0.15, 0.2) is 46.1 Å². The van der Waals surface area contributed by atoms with Crippen LogP contribution in [0.2, 0.25) is 0 Å². The van der Waals surface area contributed by atoms with Gasteiger partial charge in [-0.2, -0.15) is 0 Å². The Labute approximate surface area is 669 Å². The molecule has 21 rings (SSSR count). The third kappa shape index (κ3) is 10.7. The fraction of sp³-hybridized carbons (Fsp3) is 0.0476. The van der Waals surface area contributed by atoms with Crippen molar-refractivity contribution in [1.82, 2.24) is 0 Å². The van der Waals surface area contributed by atoms with Crippen molar-refractivity contribution in [3.8, 4) is 56.4 Å². The maximum absolute atomic E-state index is 16.4. The van der Waals surface area contributed by atoms with E-state index in [0.29, 0.717) is 90.3 Å². The van der Waals surface area contributed by atoms with E-state index in [4.69, 9.17) is 18.3 Å². The second kappa shape index (κ2) is 26.8. The van der Waals surface area contributed by atoms with Crippen LogP contribution in [0.25, 0.3) is 89.4 Å². The summed E-state index contributed by atoms with van der Waals surface area (Å²) in [6, 6.07) is 104. The maximum atomic E-state index is 16.4. The first-order chi connectivity index (χ1) is 57.1. The second-order valence-electron chi connectivity index (χ2n) is 30.6. The number of halogens is 6. The number of anilines is 6. The molecule has 0 N–H and O–H groups in total. The molecule has 0 aliphatic heterocycles. The third-order valence-electron chi connectivity index (χ3n) is 24.1. The van der Waals surface area contributed by atoms with E-state index in [2.05, 4.69) is 122 Å². The Hall–Kier alpha value is -14.6. The first-order valence-corrected chi connectivity index (χ1v) is 38.6. The van der Waals surface area contributed by atoms with Crippen LogP contribution in [-0.2, 0) is 16.2 Å². The van der Waals surface area contributed by atoms with Crippen LogP contribution < -0.4 is 19.3 Å². The van der Waals surface area contributed by atoms with E-state index in [0.717, 1.165) is 124 Å². The summed E-state index contributed by atoms with van der Waals surface area (Å²) in [6.45, 7) is 12.2. The smallest absolute Gasteiger partial charge is 0.194 e. The Bertz CT molecular complexity index is 6720. The highest BCUT2D eigenvalue weighted by molar-refractivity contribution is 6.12. The Balaban J connectivity index is 0.736. The lowest BCUT2D eigenvalue weighted by Crippen LogP contribution is -2.29. The largest absolute Gasteiger partial charge is 0.457 e. The second-order valence-corrected chi connectivity index (χ2v) is 30.6. The van der Waals surface area contributed by atoms with Crippen molar-refractivity contribution in [2.75, 3.05) is 9.80 Å². The zero-order valence-corrected chi connectivity index (χ0v) is 63.0. The van der Waals surface area contributed by atoms with Crippen LogP contribution in [0.3, 0.4) is 0 Å². The summed E-state index contributed by atoms with van der Waals surface area (Å²) < 4.78 is 123. The molecule has 6 nitrogen and oxygen atoms in total. The number of para-hydroxylation sites is 4. The molecule has 3 aliphatic carbocycles. The molecular weight excluding hydrogens is 1470 g/mol. The Kier molecular flexibility index (Phi) is 16.1. The first-order valence-electron chi connectivity index (χ1n) is 38.6. The van der Waals surface area contributed by atoms with Crippen molar-refractivity contribution < 1.29 is 44.7 Å². The number of hydrogen-bond donors (Lipinski definition) is 0. The van der Waals surface area contributed by atoms with Gasteiger partial charge in [0, 0.05) is 49.7 Å². The molecule has 0 spiro atoms. The van der Waals surface area contributed by atoms with Crippen LogP contribution in [0.4, 0.5) is 60.5 Å². The zero-order chi connectivity index (χ0) is 79.3. The fourth-order valence-electron chi connectivity index (χ4n) is 18.8. The first kappa shape index (κ1) is 70.3.